The summed E-state index contributed by atoms with van der Waals surface area (Å²) in [5.41, 5.74) is 4.53. The lowest BCUT2D eigenvalue weighted by molar-refractivity contribution is -0.115. The Hall–Kier alpha value is -3.73. The van der Waals surface area contributed by atoms with Gasteiger partial charge >= 0.3 is 0 Å². The Morgan fingerprint density at radius 1 is 0.857 bits per heavy atom. The van der Waals surface area contributed by atoms with E-state index in [0.29, 0.717) is 18.2 Å². The number of aromatic nitrogens is 2. The fourth-order valence-electron chi connectivity index (χ4n) is 2.92. The predicted octanol–water partition coefficient (Wildman–Crippen LogP) is 4.89. The van der Waals surface area contributed by atoms with E-state index in [9.17, 15) is 4.79 Å². The minimum atomic E-state index is -0.0570. The SMILES string of the molecule is Cc1cccc(-c2nnc(-c3ccc(NC(=O)Cc4ccccc4)cc3)o2)c1. The Kier molecular flexibility index (Phi) is 4.97. The van der Waals surface area contributed by atoms with Crippen LogP contribution in [0.5, 0.6) is 0 Å². The van der Waals surface area contributed by atoms with Crippen LogP contribution in [0, 0.1) is 6.92 Å². The summed E-state index contributed by atoms with van der Waals surface area (Å²) in [6.07, 6.45) is 0.339. The van der Waals surface area contributed by atoms with E-state index in [0.717, 1.165) is 27.9 Å². The fourth-order valence-corrected chi connectivity index (χ4v) is 2.92. The zero-order valence-corrected chi connectivity index (χ0v) is 15.4. The highest BCUT2D eigenvalue weighted by Crippen LogP contribution is 2.25. The number of rotatable bonds is 5. The minimum absolute atomic E-state index is 0.0570. The molecule has 1 aromatic heterocycles. The van der Waals surface area contributed by atoms with Gasteiger partial charge in [0.2, 0.25) is 17.7 Å². The van der Waals surface area contributed by atoms with Crippen molar-refractivity contribution in [2.75, 3.05) is 5.32 Å². The van der Waals surface area contributed by atoms with Crippen LogP contribution >= 0.6 is 0 Å². The Morgan fingerprint density at radius 3 is 2.29 bits per heavy atom. The molecule has 0 aliphatic heterocycles. The smallest absolute Gasteiger partial charge is 0.248 e. The molecule has 3 aromatic carbocycles. The van der Waals surface area contributed by atoms with E-state index in [1.54, 1.807) is 0 Å². The largest absolute Gasteiger partial charge is 0.416 e. The summed E-state index contributed by atoms with van der Waals surface area (Å²) in [7, 11) is 0. The highest BCUT2D eigenvalue weighted by Gasteiger charge is 2.11. The van der Waals surface area contributed by atoms with Gasteiger partial charge in [-0.15, -0.1) is 10.2 Å². The molecule has 0 spiro atoms. The number of nitrogens with one attached hydrogen (secondary N) is 1. The molecule has 1 heterocycles. The van der Waals surface area contributed by atoms with Crippen LogP contribution in [-0.4, -0.2) is 16.1 Å². The molecule has 1 amide bonds. The molecule has 0 unspecified atom stereocenters. The standard InChI is InChI=1S/C23H19N3O2/c1-16-6-5-9-19(14-16)23-26-25-22(28-23)18-10-12-20(13-11-18)24-21(27)15-17-7-3-2-4-8-17/h2-14H,15H2,1H3,(H,24,27). The highest BCUT2D eigenvalue weighted by molar-refractivity contribution is 5.92. The molecule has 28 heavy (non-hydrogen) atoms. The van der Waals surface area contributed by atoms with E-state index in [1.807, 2.05) is 85.8 Å². The number of nitrogens with zero attached hydrogens (tertiary/aromatic N) is 2. The second-order valence-electron chi connectivity index (χ2n) is 6.57. The van der Waals surface area contributed by atoms with Gasteiger partial charge in [0.15, 0.2) is 0 Å². The lowest BCUT2D eigenvalue weighted by Gasteiger charge is -2.05. The normalized spacial score (nSPS) is 10.6. The van der Waals surface area contributed by atoms with Crippen molar-refractivity contribution in [3.63, 3.8) is 0 Å². The summed E-state index contributed by atoms with van der Waals surface area (Å²) >= 11 is 0. The molecule has 0 radical (unpaired) electrons. The molecule has 4 rings (SSSR count). The molecule has 0 saturated carbocycles. The van der Waals surface area contributed by atoms with Gasteiger partial charge in [0.1, 0.15) is 0 Å². The van der Waals surface area contributed by atoms with E-state index in [2.05, 4.69) is 15.5 Å². The van der Waals surface area contributed by atoms with Crippen molar-refractivity contribution in [3.05, 3.63) is 90.0 Å². The average molecular weight is 369 g/mol. The maximum atomic E-state index is 12.2. The van der Waals surface area contributed by atoms with Crippen LogP contribution in [0.25, 0.3) is 22.9 Å². The van der Waals surface area contributed by atoms with Crippen LogP contribution in [-0.2, 0) is 11.2 Å². The number of hydrogen-bond donors (Lipinski definition) is 1. The fraction of sp³-hybridized carbons (Fsp3) is 0.0870. The van der Waals surface area contributed by atoms with Crippen molar-refractivity contribution in [2.45, 2.75) is 13.3 Å². The van der Waals surface area contributed by atoms with Gasteiger partial charge in [-0.3, -0.25) is 4.79 Å². The van der Waals surface area contributed by atoms with E-state index >= 15 is 0 Å². The first kappa shape index (κ1) is 17.7. The number of anilines is 1. The first-order chi connectivity index (χ1) is 13.7. The second kappa shape index (κ2) is 7.88. The average Bonchev–Trinajstić information content (AvgIpc) is 3.19. The van der Waals surface area contributed by atoms with Gasteiger partial charge in [-0.2, -0.15) is 0 Å². The lowest BCUT2D eigenvalue weighted by Crippen LogP contribution is -2.14. The summed E-state index contributed by atoms with van der Waals surface area (Å²) in [5, 5.41) is 11.2. The highest BCUT2D eigenvalue weighted by atomic mass is 16.4. The number of aryl methyl sites for hydroxylation is 1. The van der Waals surface area contributed by atoms with Crippen LogP contribution in [0.15, 0.2) is 83.3 Å². The summed E-state index contributed by atoms with van der Waals surface area (Å²) in [6, 6.07) is 24.9. The predicted molar refractivity (Wildman–Crippen MR) is 109 cm³/mol. The second-order valence-corrected chi connectivity index (χ2v) is 6.57. The zero-order valence-electron chi connectivity index (χ0n) is 15.4. The number of carbonyl (C=O) groups excluding carboxylic acids is 1. The molecule has 0 aliphatic rings. The van der Waals surface area contributed by atoms with Crippen molar-refractivity contribution < 1.29 is 9.21 Å². The van der Waals surface area contributed by atoms with E-state index in [4.69, 9.17) is 4.42 Å². The van der Waals surface area contributed by atoms with Crippen LogP contribution < -0.4 is 5.32 Å². The van der Waals surface area contributed by atoms with Crippen LogP contribution in [0.1, 0.15) is 11.1 Å². The quantitative estimate of drug-likeness (QED) is 0.544. The molecule has 4 aromatic rings. The van der Waals surface area contributed by atoms with Gasteiger partial charge < -0.3 is 9.73 Å². The number of hydrogen-bond acceptors (Lipinski definition) is 4. The van der Waals surface area contributed by atoms with Gasteiger partial charge in [0.05, 0.1) is 6.42 Å². The van der Waals surface area contributed by atoms with Gasteiger partial charge in [-0.05, 0) is 48.9 Å². The van der Waals surface area contributed by atoms with Crippen LogP contribution in [0.2, 0.25) is 0 Å². The topological polar surface area (TPSA) is 68.0 Å². The van der Waals surface area contributed by atoms with Crippen molar-refractivity contribution in [3.8, 4) is 22.9 Å². The Balaban J connectivity index is 1.44. The van der Waals surface area contributed by atoms with E-state index in [1.165, 1.54) is 0 Å². The third-order valence-corrected chi connectivity index (χ3v) is 4.31. The molecule has 5 heteroatoms. The Bertz CT molecular complexity index is 1090. The Morgan fingerprint density at radius 2 is 1.57 bits per heavy atom. The zero-order chi connectivity index (χ0) is 19.3. The van der Waals surface area contributed by atoms with E-state index in [-0.39, 0.29) is 5.91 Å². The third-order valence-electron chi connectivity index (χ3n) is 4.31. The van der Waals surface area contributed by atoms with Crippen molar-refractivity contribution in [2.24, 2.45) is 0 Å². The first-order valence-corrected chi connectivity index (χ1v) is 9.02. The molecule has 0 bridgehead atoms. The first-order valence-electron chi connectivity index (χ1n) is 9.02. The van der Waals surface area contributed by atoms with Crippen molar-refractivity contribution in [1.82, 2.24) is 10.2 Å². The number of carbonyl (C=O) groups is 1. The Labute approximate surface area is 163 Å². The van der Waals surface area contributed by atoms with Crippen LogP contribution in [0.3, 0.4) is 0 Å². The van der Waals surface area contributed by atoms with Crippen molar-refractivity contribution in [1.29, 1.82) is 0 Å². The number of amides is 1. The summed E-state index contributed by atoms with van der Waals surface area (Å²) < 4.78 is 5.80. The summed E-state index contributed by atoms with van der Waals surface area (Å²) in [5.74, 6) is 0.871. The van der Waals surface area contributed by atoms with Crippen molar-refractivity contribution >= 4 is 11.6 Å². The molecule has 1 N–H and O–H groups in total. The molecule has 0 fully saturated rings. The van der Waals surface area contributed by atoms with Gasteiger partial charge in [0, 0.05) is 16.8 Å². The minimum Gasteiger partial charge on any atom is -0.416 e. The monoisotopic (exact) mass is 369 g/mol. The summed E-state index contributed by atoms with van der Waals surface area (Å²) in [4.78, 5) is 12.2. The van der Waals surface area contributed by atoms with Gasteiger partial charge in [-0.25, -0.2) is 0 Å². The molecule has 5 nitrogen and oxygen atoms in total. The molecular weight excluding hydrogens is 350 g/mol. The van der Waals surface area contributed by atoms with Gasteiger partial charge in [-0.1, -0.05) is 48.0 Å². The number of benzene rings is 3. The van der Waals surface area contributed by atoms with E-state index < -0.39 is 0 Å². The summed E-state index contributed by atoms with van der Waals surface area (Å²) in [6.45, 7) is 2.02. The molecule has 0 atom stereocenters. The maximum absolute atomic E-state index is 12.2. The molecule has 0 aliphatic carbocycles. The van der Waals surface area contributed by atoms with Gasteiger partial charge in [0.25, 0.3) is 0 Å². The molecular formula is C23H19N3O2. The maximum Gasteiger partial charge on any atom is 0.248 e. The molecule has 138 valence electrons. The van der Waals surface area contributed by atoms with Crippen LogP contribution in [0.4, 0.5) is 5.69 Å². The third kappa shape index (κ3) is 4.15. The lowest BCUT2D eigenvalue weighted by atomic mass is 10.1. The molecule has 0 saturated heterocycles.